The van der Waals surface area contributed by atoms with Crippen LogP contribution in [0, 0.1) is 40.8 Å². The van der Waals surface area contributed by atoms with Gasteiger partial charge in [0.05, 0.1) is 26.9 Å². The number of nitro benzene ring substituents is 3. The number of phenols is 1. The molecule has 2 aromatic heterocycles. The van der Waals surface area contributed by atoms with Crippen molar-refractivity contribution in [2.75, 3.05) is 11.5 Å². The Labute approximate surface area is 223 Å². The lowest BCUT2D eigenvalue weighted by Gasteiger charge is -2.03. The second-order valence-corrected chi connectivity index (χ2v) is 10.3. The normalized spacial score (nSPS) is 10.3. The number of phenolic OH excluding ortho intramolecular Hbond substituents is 1. The number of aromatic nitrogens is 2. The largest absolute Gasteiger partial charge is 0.619 e. The van der Waals surface area contributed by atoms with Crippen LogP contribution in [-0.2, 0) is 12.8 Å². The van der Waals surface area contributed by atoms with E-state index in [0.29, 0.717) is 12.1 Å². The summed E-state index contributed by atoms with van der Waals surface area (Å²) in [7, 11) is 3.76. The van der Waals surface area contributed by atoms with E-state index in [4.69, 9.17) is 5.11 Å². The lowest BCUT2D eigenvalue weighted by atomic mass is 10.2. The quantitative estimate of drug-likeness (QED) is 0.0829. The molecule has 1 aromatic carbocycles. The van der Waals surface area contributed by atoms with E-state index in [0.717, 1.165) is 57.8 Å². The first-order valence-electron chi connectivity index (χ1n) is 11.0. The Kier molecular flexibility index (Phi) is 12.0. The number of benzene rings is 1. The van der Waals surface area contributed by atoms with Crippen molar-refractivity contribution in [2.45, 2.75) is 25.7 Å². The Balaban J connectivity index is 0.000000281. The van der Waals surface area contributed by atoms with Crippen LogP contribution in [0.25, 0.3) is 0 Å². The van der Waals surface area contributed by atoms with Gasteiger partial charge in [0.1, 0.15) is 0 Å². The predicted octanol–water partition coefficient (Wildman–Crippen LogP) is 4.02. The van der Waals surface area contributed by atoms with Gasteiger partial charge in [0.15, 0.2) is 24.8 Å². The van der Waals surface area contributed by atoms with Crippen molar-refractivity contribution in [1.29, 1.82) is 0 Å². The number of nitrogens with zero attached hydrogens (tertiary/aromatic N) is 5. The molecule has 0 bridgehead atoms. The standard InChI is InChI=1S/C16H20N2O2S2.C6H3N3O7/c19-17-9-1-5-15(13-17)7-3-11-21-22-12-4-8-16-6-2-10-18(20)14-16;10-6-4(8(13)14)1-3(7(11)12)2-5(6)9(15)16/h1-2,5-6,9-10,13-14H,3-4,7-8,11-12H2;1-2,10H. The Morgan fingerprint density at radius 2 is 1.16 bits per heavy atom. The van der Waals surface area contributed by atoms with Crippen LogP contribution in [-0.4, -0.2) is 31.4 Å². The highest BCUT2D eigenvalue weighted by Gasteiger charge is 2.30. The van der Waals surface area contributed by atoms with Gasteiger partial charge >= 0.3 is 11.4 Å². The first kappa shape index (κ1) is 30.0. The number of aryl methyl sites for hydroxylation is 2. The average Bonchev–Trinajstić information content (AvgIpc) is 2.85. The fourth-order valence-electron chi connectivity index (χ4n) is 3.06. The van der Waals surface area contributed by atoms with Crippen molar-refractivity contribution < 1.29 is 29.3 Å². The number of aromatic hydroxyl groups is 1. The van der Waals surface area contributed by atoms with Gasteiger partial charge in [-0.15, -0.1) is 0 Å². The number of hydrogen-bond acceptors (Lipinski definition) is 11. The van der Waals surface area contributed by atoms with Gasteiger partial charge < -0.3 is 15.5 Å². The van der Waals surface area contributed by atoms with Gasteiger partial charge in [-0.2, -0.15) is 9.46 Å². The van der Waals surface area contributed by atoms with Crippen molar-refractivity contribution in [1.82, 2.24) is 0 Å². The third-order valence-electron chi connectivity index (χ3n) is 4.80. The minimum absolute atomic E-state index is 0.447. The predicted molar refractivity (Wildman–Crippen MR) is 140 cm³/mol. The SMILES string of the molecule is O=[N+]([O-])c1cc([N+](=O)[O-])c(O)c([N+](=O)[O-])c1.[O-][n+]1cccc(CCCSSCCCc2ccc[n+]([O-])c2)c1. The third-order valence-corrected chi connectivity index (χ3v) is 7.38. The first-order valence-corrected chi connectivity index (χ1v) is 13.5. The van der Waals surface area contributed by atoms with Crippen LogP contribution < -0.4 is 9.46 Å². The van der Waals surface area contributed by atoms with Crippen LogP contribution in [0.2, 0.25) is 0 Å². The van der Waals surface area contributed by atoms with Crippen molar-refractivity contribution in [3.8, 4) is 5.75 Å². The highest BCUT2D eigenvalue weighted by atomic mass is 33.1. The van der Waals surface area contributed by atoms with Gasteiger partial charge in [-0.25, -0.2) is 0 Å². The van der Waals surface area contributed by atoms with E-state index in [9.17, 15) is 40.8 Å². The van der Waals surface area contributed by atoms with Crippen LogP contribution in [0.4, 0.5) is 17.1 Å². The maximum atomic E-state index is 11.1. The van der Waals surface area contributed by atoms with E-state index in [2.05, 4.69) is 0 Å². The molecule has 3 rings (SSSR count). The van der Waals surface area contributed by atoms with Crippen LogP contribution >= 0.6 is 21.6 Å². The number of rotatable bonds is 12. The summed E-state index contributed by atoms with van der Waals surface area (Å²) in [6.45, 7) is 0. The molecule has 16 heteroatoms. The molecular formula is C22H23N5O9S2. The lowest BCUT2D eigenvalue weighted by molar-refractivity contribution is -0.606. The molecule has 0 fully saturated rings. The van der Waals surface area contributed by atoms with Crippen LogP contribution in [0.3, 0.4) is 0 Å². The highest BCUT2D eigenvalue weighted by Crippen LogP contribution is 2.39. The molecular weight excluding hydrogens is 542 g/mol. The first-order chi connectivity index (χ1) is 18.1. The minimum Gasteiger partial charge on any atom is -0.619 e. The molecule has 0 aliphatic carbocycles. The molecule has 2 heterocycles. The summed E-state index contributed by atoms with van der Waals surface area (Å²) in [4.78, 5) is 27.8. The average molecular weight is 566 g/mol. The van der Waals surface area contributed by atoms with Crippen LogP contribution in [0.1, 0.15) is 24.0 Å². The lowest BCUT2D eigenvalue weighted by Crippen LogP contribution is -2.24. The molecule has 202 valence electrons. The van der Waals surface area contributed by atoms with Crippen molar-refractivity contribution >= 4 is 38.6 Å². The van der Waals surface area contributed by atoms with E-state index in [1.54, 1.807) is 24.5 Å². The van der Waals surface area contributed by atoms with E-state index in [-0.39, 0.29) is 0 Å². The minimum atomic E-state index is -1.21. The summed E-state index contributed by atoms with van der Waals surface area (Å²) in [5.74, 6) is 0.967. The molecule has 38 heavy (non-hydrogen) atoms. The zero-order valence-corrected chi connectivity index (χ0v) is 21.4. The monoisotopic (exact) mass is 565 g/mol. The molecule has 0 saturated carbocycles. The molecule has 0 atom stereocenters. The number of non-ortho nitro benzene ring substituents is 1. The van der Waals surface area contributed by atoms with E-state index in [1.165, 1.54) is 12.4 Å². The topological polar surface area (TPSA) is 204 Å². The molecule has 3 aromatic rings. The van der Waals surface area contributed by atoms with E-state index >= 15 is 0 Å². The Morgan fingerprint density at radius 1 is 0.737 bits per heavy atom. The molecule has 14 nitrogen and oxygen atoms in total. The highest BCUT2D eigenvalue weighted by molar-refractivity contribution is 8.76. The van der Waals surface area contributed by atoms with Crippen LogP contribution in [0.5, 0.6) is 5.75 Å². The Morgan fingerprint density at radius 3 is 1.50 bits per heavy atom. The molecule has 0 aliphatic rings. The summed E-state index contributed by atoms with van der Waals surface area (Å²) in [5, 5.41) is 62.5. The summed E-state index contributed by atoms with van der Waals surface area (Å²) in [5.41, 5.74) is -0.811. The number of nitro groups is 3. The maximum absolute atomic E-state index is 11.1. The molecule has 0 aliphatic heterocycles. The molecule has 0 amide bonds. The molecule has 0 saturated heterocycles. The maximum Gasteiger partial charge on any atom is 0.324 e. The third kappa shape index (κ3) is 10.1. The number of hydrogen-bond donors (Lipinski definition) is 1. The second-order valence-electron chi connectivity index (χ2n) is 7.60. The summed E-state index contributed by atoms with van der Waals surface area (Å²) >= 11 is 0. The Bertz CT molecular complexity index is 1190. The van der Waals surface area contributed by atoms with Gasteiger partial charge in [-0.3, -0.25) is 30.3 Å². The fraction of sp³-hybridized carbons (Fsp3) is 0.273. The van der Waals surface area contributed by atoms with Gasteiger partial charge in [0, 0.05) is 34.8 Å². The smallest absolute Gasteiger partial charge is 0.324 e. The van der Waals surface area contributed by atoms with Gasteiger partial charge in [-0.1, -0.05) is 21.6 Å². The van der Waals surface area contributed by atoms with Gasteiger partial charge in [0.2, 0.25) is 0 Å². The molecule has 0 radical (unpaired) electrons. The zero-order chi connectivity index (χ0) is 28.1. The Hall–Kier alpha value is -4.18. The summed E-state index contributed by atoms with van der Waals surface area (Å²) in [6.07, 6.45) is 10.4. The molecule has 0 unspecified atom stereocenters. The summed E-state index contributed by atoms with van der Waals surface area (Å²) < 4.78 is 1.71. The fourth-order valence-corrected chi connectivity index (χ4v) is 5.23. The summed E-state index contributed by atoms with van der Waals surface area (Å²) in [6, 6.07) is 8.46. The van der Waals surface area contributed by atoms with Gasteiger partial charge in [-0.05, 0) is 37.8 Å². The van der Waals surface area contributed by atoms with Crippen LogP contribution in [0.15, 0.2) is 61.2 Å². The second kappa shape index (κ2) is 15.2. The zero-order valence-electron chi connectivity index (χ0n) is 19.8. The van der Waals surface area contributed by atoms with E-state index in [1.807, 2.05) is 33.7 Å². The molecule has 0 spiro atoms. The van der Waals surface area contributed by atoms with Crippen molar-refractivity contribution in [2.24, 2.45) is 0 Å². The number of pyridine rings is 2. The molecule has 1 N–H and O–H groups in total. The van der Waals surface area contributed by atoms with E-state index < -0.39 is 37.6 Å². The van der Waals surface area contributed by atoms with Gasteiger partial charge in [0.25, 0.3) is 11.4 Å². The van der Waals surface area contributed by atoms with Crippen molar-refractivity contribution in [3.63, 3.8) is 0 Å². The van der Waals surface area contributed by atoms with Crippen molar-refractivity contribution in [3.05, 3.63) is 113 Å².